The first-order chi connectivity index (χ1) is 9.66. The highest BCUT2D eigenvalue weighted by Crippen LogP contribution is 2.18. The van der Waals surface area contributed by atoms with Gasteiger partial charge in [0.15, 0.2) is 5.78 Å². The second-order valence-corrected chi connectivity index (χ2v) is 4.75. The SMILES string of the molecule is O=C(c1ccccc1)c1coc2ccc(Cl)cc2c1=O. The van der Waals surface area contributed by atoms with E-state index in [9.17, 15) is 9.59 Å². The molecule has 1 heterocycles. The number of rotatable bonds is 2. The molecule has 0 saturated heterocycles. The number of ketones is 1. The Balaban J connectivity index is 2.20. The zero-order chi connectivity index (χ0) is 14.1. The van der Waals surface area contributed by atoms with Crippen LogP contribution in [0.5, 0.6) is 0 Å². The molecule has 1 aromatic heterocycles. The summed E-state index contributed by atoms with van der Waals surface area (Å²) in [7, 11) is 0. The first-order valence-corrected chi connectivity index (χ1v) is 6.35. The van der Waals surface area contributed by atoms with Crippen LogP contribution >= 0.6 is 11.6 Å². The largest absolute Gasteiger partial charge is 0.463 e. The Morgan fingerprint density at radius 2 is 1.80 bits per heavy atom. The Labute approximate surface area is 119 Å². The van der Waals surface area contributed by atoms with Crippen LogP contribution in [-0.4, -0.2) is 5.78 Å². The number of hydrogen-bond donors (Lipinski definition) is 0. The van der Waals surface area contributed by atoms with Crippen molar-refractivity contribution in [1.29, 1.82) is 0 Å². The summed E-state index contributed by atoms with van der Waals surface area (Å²) in [5.41, 5.74) is 0.485. The minimum atomic E-state index is -0.373. The van der Waals surface area contributed by atoms with Crippen LogP contribution in [0.25, 0.3) is 11.0 Å². The van der Waals surface area contributed by atoms with Crippen molar-refractivity contribution in [2.75, 3.05) is 0 Å². The lowest BCUT2D eigenvalue weighted by atomic mass is 10.0. The molecule has 0 fully saturated rings. The van der Waals surface area contributed by atoms with Crippen molar-refractivity contribution in [3.8, 4) is 0 Å². The normalized spacial score (nSPS) is 10.7. The molecule has 0 saturated carbocycles. The molecule has 0 aliphatic carbocycles. The lowest BCUT2D eigenvalue weighted by Crippen LogP contribution is -2.15. The molecular formula is C16H9ClO3. The first-order valence-electron chi connectivity index (χ1n) is 5.97. The van der Waals surface area contributed by atoms with E-state index < -0.39 is 0 Å². The van der Waals surface area contributed by atoms with Gasteiger partial charge in [0.25, 0.3) is 0 Å². The van der Waals surface area contributed by atoms with Crippen molar-refractivity contribution in [3.05, 3.63) is 81.2 Å². The summed E-state index contributed by atoms with van der Waals surface area (Å²) in [4.78, 5) is 24.7. The van der Waals surface area contributed by atoms with Crippen LogP contribution < -0.4 is 5.43 Å². The van der Waals surface area contributed by atoms with Crippen molar-refractivity contribution in [1.82, 2.24) is 0 Å². The molecule has 0 N–H and O–H groups in total. The third-order valence-electron chi connectivity index (χ3n) is 3.02. The van der Waals surface area contributed by atoms with E-state index >= 15 is 0 Å². The molecule has 3 rings (SSSR count). The molecule has 3 nitrogen and oxygen atoms in total. The average Bonchev–Trinajstić information content (AvgIpc) is 2.48. The van der Waals surface area contributed by atoms with Crippen LogP contribution in [0, 0.1) is 0 Å². The topological polar surface area (TPSA) is 47.3 Å². The fourth-order valence-electron chi connectivity index (χ4n) is 2.01. The van der Waals surface area contributed by atoms with Crippen LogP contribution in [0.4, 0.5) is 0 Å². The molecule has 2 aromatic carbocycles. The minimum Gasteiger partial charge on any atom is -0.463 e. The number of carbonyl (C=O) groups excluding carboxylic acids is 1. The summed E-state index contributed by atoms with van der Waals surface area (Å²) in [5, 5.41) is 0.730. The molecule has 3 aromatic rings. The van der Waals surface area contributed by atoms with E-state index in [4.69, 9.17) is 16.0 Å². The van der Waals surface area contributed by atoms with E-state index in [1.807, 2.05) is 0 Å². The molecule has 0 unspecified atom stereocenters. The Hall–Kier alpha value is -2.39. The molecule has 20 heavy (non-hydrogen) atoms. The van der Waals surface area contributed by atoms with E-state index in [1.165, 1.54) is 12.3 Å². The Kier molecular flexibility index (Phi) is 3.12. The van der Waals surface area contributed by atoms with E-state index in [2.05, 4.69) is 0 Å². The first kappa shape index (κ1) is 12.6. The zero-order valence-electron chi connectivity index (χ0n) is 10.3. The van der Waals surface area contributed by atoms with Crippen molar-refractivity contribution in [2.45, 2.75) is 0 Å². The third kappa shape index (κ3) is 2.12. The second-order valence-electron chi connectivity index (χ2n) is 4.31. The van der Waals surface area contributed by atoms with Crippen molar-refractivity contribution in [2.24, 2.45) is 0 Å². The lowest BCUT2D eigenvalue weighted by Gasteiger charge is -2.02. The molecule has 0 radical (unpaired) electrons. The van der Waals surface area contributed by atoms with Crippen LogP contribution in [0.2, 0.25) is 5.02 Å². The lowest BCUT2D eigenvalue weighted by molar-refractivity contribution is 0.103. The van der Waals surface area contributed by atoms with Gasteiger partial charge in [0.1, 0.15) is 17.4 Å². The number of benzene rings is 2. The van der Waals surface area contributed by atoms with Crippen molar-refractivity contribution in [3.63, 3.8) is 0 Å². The highest BCUT2D eigenvalue weighted by molar-refractivity contribution is 6.31. The van der Waals surface area contributed by atoms with Crippen LogP contribution in [0.3, 0.4) is 0 Å². The monoisotopic (exact) mass is 284 g/mol. The standard InChI is InChI=1S/C16H9ClO3/c17-11-6-7-14-12(8-11)16(19)13(9-20-14)15(18)10-4-2-1-3-5-10/h1-9H. The fraction of sp³-hybridized carbons (Fsp3) is 0. The molecule has 0 spiro atoms. The van der Waals surface area contributed by atoms with Gasteiger partial charge in [-0.3, -0.25) is 9.59 Å². The van der Waals surface area contributed by atoms with Gasteiger partial charge < -0.3 is 4.42 Å². The second kappa shape index (κ2) is 4.94. The van der Waals surface area contributed by atoms with Gasteiger partial charge in [0.2, 0.25) is 5.43 Å². The minimum absolute atomic E-state index is 0.00552. The Bertz CT molecular complexity index is 850. The van der Waals surface area contributed by atoms with Gasteiger partial charge in [-0.15, -0.1) is 0 Å². The Morgan fingerprint density at radius 3 is 2.55 bits per heavy atom. The van der Waals surface area contributed by atoms with Gasteiger partial charge in [-0.05, 0) is 18.2 Å². The summed E-state index contributed by atoms with van der Waals surface area (Å²) in [6.07, 6.45) is 1.20. The van der Waals surface area contributed by atoms with Gasteiger partial charge in [-0.1, -0.05) is 41.9 Å². The van der Waals surface area contributed by atoms with Crippen LogP contribution in [0.1, 0.15) is 15.9 Å². The predicted octanol–water partition coefficient (Wildman–Crippen LogP) is 3.68. The van der Waals surface area contributed by atoms with E-state index in [1.54, 1.807) is 42.5 Å². The fourth-order valence-corrected chi connectivity index (χ4v) is 2.18. The molecule has 0 amide bonds. The van der Waals surface area contributed by atoms with Crippen molar-refractivity contribution < 1.29 is 9.21 Å². The highest BCUT2D eigenvalue weighted by atomic mass is 35.5. The molecule has 4 heteroatoms. The molecule has 0 atom stereocenters. The van der Waals surface area contributed by atoms with E-state index in [0.717, 1.165) is 0 Å². The number of hydrogen-bond acceptors (Lipinski definition) is 3. The highest BCUT2D eigenvalue weighted by Gasteiger charge is 2.16. The van der Waals surface area contributed by atoms with E-state index in [0.29, 0.717) is 21.6 Å². The Morgan fingerprint density at radius 1 is 1.05 bits per heavy atom. The average molecular weight is 285 g/mol. The van der Waals surface area contributed by atoms with Gasteiger partial charge in [0, 0.05) is 10.6 Å². The summed E-state index contributed by atoms with van der Waals surface area (Å²) < 4.78 is 5.34. The summed E-state index contributed by atoms with van der Waals surface area (Å²) in [6.45, 7) is 0. The van der Waals surface area contributed by atoms with Gasteiger partial charge in [0.05, 0.1) is 5.39 Å². The summed E-state index contributed by atoms with van der Waals surface area (Å²) in [5.74, 6) is -0.360. The smallest absolute Gasteiger partial charge is 0.203 e. The number of fused-ring (bicyclic) bond motifs is 1. The van der Waals surface area contributed by atoms with Crippen LogP contribution in [-0.2, 0) is 0 Å². The van der Waals surface area contributed by atoms with Gasteiger partial charge in [-0.2, -0.15) is 0 Å². The number of carbonyl (C=O) groups is 1. The van der Waals surface area contributed by atoms with Gasteiger partial charge in [-0.25, -0.2) is 0 Å². The molecular weight excluding hydrogens is 276 g/mol. The quantitative estimate of drug-likeness (QED) is 0.675. The maximum atomic E-state index is 12.4. The van der Waals surface area contributed by atoms with Crippen molar-refractivity contribution >= 4 is 28.4 Å². The predicted molar refractivity (Wildman–Crippen MR) is 77.4 cm³/mol. The van der Waals surface area contributed by atoms with E-state index in [-0.39, 0.29) is 16.8 Å². The summed E-state index contributed by atoms with van der Waals surface area (Å²) in [6, 6.07) is 13.3. The zero-order valence-corrected chi connectivity index (χ0v) is 11.1. The number of halogens is 1. The summed E-state index contributed by atoms with van der Waals surface area (Å²) >= 11 is 5.87. The third-order valence-corrected chi connectivity index (χ3v) is 3.25. The molecule has 0 aliphatic heterocycles. The van der Waals surface area contributed by atoms with Gasteiger partial charge >= 0.3 is 0 Å². The van der Waals surface area contributed by atoms with Crippen LogP contribution in [0.15, 0.2) is 64.0 Å². The molecule has 98 valence electrons. The maximum absolute atomic E-state index is 12.4. The molecule has 0 aliphatic rings. The molecule has 0 bridgehead atoms. The maximum Gasteiger partial charge on any atom is 0.203 e.